The first-order valence-corrected chi connectivity index (χ1v) is 9.99. The van der Waals surface area contributed by atoms with Crippen molar-refractivity contribution < 1.29 is 23.5 Å². The normalized spacial score (nSPS) is 11.6. The molecule has 2 heterocycles. The molecule has 0 fully saturated rings. The van der Waals surface area contributed by atoms with Crippen molar-refractivity contribution in [3.8, 4) is 0 Å². The third-order valence-electron chi connectivity index (χ3n) is 4.70. The van der Waals surface area contributed by atoms with Crippen molar-refractivity contribution in [1.82, 2.24) is 35.3 Å². The van der Waals surface area contributed by atoms with Crippen LogP contribution < -0.4 is 10.2 Å². The van der Waals surface area contributed by atoms with Crippen LogP contribution in [0.5, 0.6) is 0 Å². The van der Waals surface area contributed by atoms with Crippen molar-refractivity contribution in [2.45, 2.75) is 32.2 Å². The van der Waals surface area contributed by atoms with Crippen LogP contribution in [-0.2, 0) is 29.2 Å². The molecule has 0 spiro atoms. The summed E-state index contributed by atoms with van der Waals surface area (Å²) in [7, 11) is 2.77. The van der Waals surface area contributed by atoms with E-state index in [-0.39, 0.29) is 43.5 Å². The summed E-state index contributed by atoms with van der Waals surface area (Å²) >= 11 is 0. The Bertz CT molecular complexity index is 1110. The highest BCUT2D eigenvalue weighted by molar-refractivity contribution is 5.91. The largest absolute Gasteiger partial charge is 0.465 e. The number of esters is 1. The maximum absolute atomic E-state index is 14.4. The number of amides is 2. The maximum Gasteiger partial charge on any atom is 0.337 e. The molecule has 3 aromatic rings. The van der Waals surface area contributed by atoms with Crippen molar-refractivity contribution in [1.29, 1.82) is 0 Å². The van der Waals surface area contributed by atoms with Gasteiger partial charge in [-0.25, -0.2) is 13.9 Å². The number of aryl methyl sites for hydroxylation is 1. The quantitative estimate of drug-likeness (QED) is 0.326. The number of carbonyl (C=O) groups is 3. The first-order valence-electron chi connectivity index (χ1n) is 9.99. The van der Waals surface area contributed by atoms with Gasteiger partial charge in [0.05, 0.1) is 38.2 Å². The molecule has 1 aromatic carbocycles. The second-order valence-corrected chi connectivity index (χ2v) is 7.06. The molecule has 174 valence electrons. The fourth-order valence-electron chi connectivity index (χ4n) is 3.00. The van der Waals surface area contributed by atoms with E-state index in [0.717, 1.165) is 0 Å². The van der Waals surface area contributed by atoms with Crippen LogP contribution in [0.25, 0.3) is 0 Å². The van der Waals surface area contributed by atoms with E-state index in [1.807, 2.05) is 0 Å². The highest BCUT2D eigenvalue weighted by Gasteiger charge is 2.16. The van der Waals surface area contributed by atoms with Crippen LogP contribution in [0.2, 0.25) is 0 Å². The van der Waals surface area contributed by atoms with Crippen LogP contribution in [0.4, 0.5) is 10.2 Å². The standard InChI is InChI=1S/C20H23FN8O4/c1-22-19(31)17-11-28(25-23-17)7-6-16(21)10-29-12-18(24-26-29)27(13-30)9-14-4-3-5-15(8-14)20(32)33-2/h3-5,8,11-13,16H,6-7,9-10H2,1-2H3,(H,22,31). The summed E-state index contributed by atoms with van der Waals surface area (Å²) in [5.74, 6) is -0.609. The van der Waals surface area contributed by atoms with Gasteiger partial charge in [-0.15, -0.1) is 10.2 Å². The first kappa shape index (κ1) is 23.5. The minimum absolute atomic E-state index is 0.0749. The number of alkyl halides is 1. The van der Waals surface area contributed by atoms with Crippen LogP contribution in [0.1, 0.15) is 32.8 Å². The van der Waals surface area contributed by atoms with Gasteiger partial charge < -0.3 is 10.1 Å². The third kappa shape index (κ3) is 6.18. The summed E-state index contributed by atoms with van der Waals surface area (Å²) < 4.78 is 21.8. The van der Waals surface area contributed by atoms with Gasteiger partial charge >= 0.3 is 5.97 Å². The van der Waals surface area contributed by atoms with Crippen LogP contribution in [0, 0.1) is 0 Å². The van der Waals surface area contributed by atoms with Crippen LogP contribution >= 0.6 is 0 Å². The Morgan fingerprint density at radius 1 is 1.24 bits per heavy atom. The molecule has 0 aliphatic carbocycles. The average Bonchev–Trinajstić information content (AvgIpc) is 3.50. The number of nitrogens with one attached hydrogen (secondary N) is 1. The molecular formula is C20H23FN8O4. The van der Waals surface area contributed by atoms with Gasteiger partial charge in [-0.05, 0) is 17.7 Å². The Morgan fingerprint density at radius 2 is 2.03 bits per heavy atom. The Hall–Kier alpha value is -4.16. The molecule has 0 aliphatic heterocycles. The number of carbonyl (C=O) groups excluding carboxylic acids is 3. The van der Waals surface area contributed by atoms with Crippen molar-refractivity contribution in [2.75, 3.05) is 19.1 Å². The lowest BCUT2D eigenvalue weighted by molar-refractivity contribution is -0.107. The predicted molar refractivity (Wildman–Crippen MR) is 113 cm³/mol. The number of halogens is 1. The monoisotopic (exact) mass is 458 g/mol. The number of ether oxygens (including phenoxy) is 1. The lowest BCUT2D eigenvalue weighted by Crippen LogP contribution is -2.21. The summed E-state index contributed by atoms with van der Waals surface area (Å²) in [6.07, 6.45) is 2.33. The minimum Gasteiger partial charge on any atom is -0.465 e. The van der Waals surface area contributed by atoms with Crippen molar-refractivity contribution in [2.24, 2.45) is 0 Å². The number of rotatable bonds is 11. The number of benzene rings is 1. The Balaban J connectivity index is 1.56. The topological polar surface area (TPSA) is 137 Å². The fraction of sp³-hybridized carbons (Fsp3) is 0.350. The second kappa shape index (κ2) is 10.9. The molecular weight excluding hydrogens is 435 g/mol. The Labute approximate surface area is 188 Å². The third-order valence-corrected chi connectivity index (χ3v) is 4.70. The number of anilines is 1. The molecule has 13 heteroatoms. The van der Waals surface area contributed by atoms with Crippen LogP contribution in [0.15, 0.2) is 36.7 Å². The number of hydrogen-bond acceptors (Lipinski definition) is 8. The average molecular weight is 458 g/mol. The smallest absolute Gasteiger partial charge is 0.337 e. The molecule has 0 saturated carbocycles. The first-order chi connectivity index (χ1) is 15.9. The molecule has 33 heavy (non-hydrogen) atoms. The molecule has 0 aliphatic rings. The summed E-state index contributed by atoms with van der Waals surface area (Å²) in [5.41, 5.74) is 1.20. The van der Waals surface area contributed by atoms with Crippen molar-refractivity contribution >= 4 is 24.1 Å². The fourth-order valence-corrected chi connectivity index (χ4v) is 3.00. The summed E-state index contributed by atoms with van der Waals surface area (Å²) in [5, 5.41) is 17.8. The van der Waals surface area contributed by atoms with E-state index >= 15 is 0 Å². The molecule has 2 amide bonds. The molecule has 0 saturated heterocycles. The highest BCUT2D eigenvalue weighted by Crippen LogP contribution is 2.15. The summed E-state index contributed by atoms with van der Waals surface area (Å²) in [4.78, 5) is 36.1. The maximum atomic E-state index is 14.4. The lowest BCUT2D eigenvalue weighted by atomic mass is 10.1. The van der Waals surface area contributed by atoms with E-state index in [9.17, 15) is 18.8 Å². The van der Waals surface area contributed by atoms with Gasteiger partial charge in [0.25, 0.3) is 5.91 Å². The molecule has 1 unspecified atom stereocenters. The van der Waals surface area contributed by atoms with E-state index in [1.54, 1.807) is 24.3 Å². The van der Waals surface area contributed by atoms with Gasteiger partial charge in [-0.2, -0.15) is 0 Å². The van der Waals surface area contributed by atoms with E-state index in [4.69, 9.17) is 4.74 Å². The van der Waals surface area contributed by atoms with Crippen LogP contribution in [0.3, 0.4) is 0 Å². The van der Waals surface area contributed by atoms with Gasteiger partial charge in [0, 0.05) is 20.0 Å². The van der Waals surface area contributed by atoms with Crippen molar-refractivity contribution in [3.05, 3.63) is 53.5 Å². The SMILES string of the molecule is CNC(=O)c1cn(CCC(F)Cn2cc(N(C=O)Cc3cccc(C(=O)OC)c3)nn2)nn1. The molecule has 0 bridgehead atoms. The van der Waals surface area contributed by atoms with E-state index in [0.29, 0.717) is 17.5 Å². The van der Waals surface area contributed by atoms with E-state index < -0.39 is 12.1 Å². The zero-order valence-corrected chi connectivity index (χ0v) is 18.1. The predicted octanol–water partition coefficient (Wildman–Crippen LogP) is 0.607. The molecule has 3 rings (SSSR count). The lowest BCUT2D eigenvalue weighted by Gasteiger charge is -2.14. The van der Waals surface area contributed by atoms with Crippen LogP contribution in [-0.4, -0.2) is 68.6 Å². The van der Waals surface area contributed by atoms with E-state index in [1.165, 1.54) is 40.8 Å². The highest BCUT2D eigenvalue weighted by atomic mass is 19.1. The van der Waals surface area contributed by atoms with Gasteiger partial charge in [0.15, 0.2) is 11.5 Å². The number of hydrogen-bond donors (Lipinski definition) is 1. The molecule has 1 N–H and O–H groups in total. The van der Waals surface area contributed by atoms with Gasteiger partial charge in [-0.1, -0.05) is 22.6 Å². The summed E-state index contributed by atoms with van der Waals surface area (Å²) in [6, 6.07) is 6.66. The zero-order valence-electron chi connectivity index (χ0n) is 18.1. The number of aromatic nitrogens is 6. The van der Waals surface area contributed by atoms with E-state index in [2.05, 4.69) is 25.9 Å². The second-order valence-electron chi connectivity index (χ2n) is 7.06. The van der Waals surface area contributed by atoms with Gasteiger partial charge in [-0.3, -0.25) is 19.2 Å². The molecule has 0 radical (unpaired) electrons. The number of nitrogens with zero attached hydrogens (tertiary/aromatic N) is 7. The van der Waals surface area contributed by atoms with Gasteiger partial charge in [0.1, 0.15) is 6.17 Å². The molecule has 1 atom stereocenters. The Kier molecular flexibility index (Phi) is 7.78. The molecule has 2 aromatic heterocycles. The minimum atomic E-state index is -1.27. The van der Waals surface area contributed by atoms with Gasteiger partial charge in [0.2, 0.25) is 6.41 Å². The number of methoxy groups -OCH3 is 1. The zero-order chi connectivity index (χ0) is 23.8. The Morgan fingerprint density at radius 3 is 2.76 bits per heavy atom. The molecule has 12 nitrogen and oxygen atoms in total. The van der Waals surface area contributed by atoms with Crippen molar-refractivity contribution in [3.63, 3.8) is 0 Å². The summed E-state index contributed by atoms with van der Waals surface area (Å²) in [6.45, 7) is 0.296.